The average Bonchev–Trinajstić information content (AvgIpc) is 2.72. The van der Waals surface area contributed by atoms with Gasteiger partial charge in [-0.3, -0.25) is 9.59 Å². The van der Waals surface area contributed by atoms with E-state index in [1.807, 2.05) is 0 Å². The second-order valence-corrected chi connectivity index (χ2v) is 7.26. The van der Waals surface area contributed by atoms with E-state index in [1.54, 1.807) is 55.5 Å². The third-order valence-corrected chi connectivity index (χ3v) is 4.82. The molecule has 0 aliphatic carbocycles. The van der Waals surface area contributed by atoms with Crippen molar-refractivity contribution >= 4 is 35.0 Å². The molecule has 0 aliphatic rings. The standard InChI is InChI=1S/C21H24Cl2N2O4/c1-15(21(28)24-11-4-12-26)25(13-16-7-9-17(22)10-8-16)20(27)14-29-19-6-3-2-5-18(19)23/h2-3,5-10,15,26H,4,11-14H2,1H3,(H,24,28)/t15-/m0/s1. The lowest BCUT2D eigenvalue weighted by Crippen LogP contribution is -2.49. The molecule has 0 radical (unpaired) electrons. The van der Waals surface area contributed by atoms with Gasteiger partial charge >= 0.3 is 0 Å². The fourth-order valence-electron chi connectivity index (χ4n) is 2.59. The van der Waals surface area contributed by atoms with Gasteiger partial charge in [0.1, 0.15) is 11.8 Å². The molecular formula is C21H24Cl2N2O4. The van der Waals surface area contributed by atoms with Gasteiger partial charge in [0.25, 0.3) is 5.91 Å². The number of benzene rings is 2. The van der Waals surface area contributed by atoms with Gasteiger partial charge in [0, 0.05) is 24.7 Å². The Balaban J connectivity index is 2.11. The zero-order chi connectivity index (χ0) is 21.2. The molecule has 2 N–H and O–H groups in total. The third-order valence-electron chi connectivity index (χ3n) is 4.26. The van der Waals surface area contributed by atoms with E-state index in [4.69, 9.17) is 33.0 Å². The summed E-state index contributed by atoms with van der Waals surface area (Å²) in [6.07, 6.45) is 0.444. The van der Waals surface area contributed by atoms with Crippen LogP contribution in [-0.4, -0.2) is 47.6 Å². The summed E-state index contributed by atoms with van der Waals surface area (Å²) in [5, 5.41) is 12.6. The van der Waals surface area contributed by atoms with Crippen molar-refractivity contribution in [2.24, 2.45) is 0 Å². The molecule has 0 aromatic heterocycles. The van der Waals surface area contributed by atoms with Crippen LogP contribution in [0.1, 0.15) is 18.9 Å². The number of amides is 2. The van der Waals surface area contributed by atoms with Crippen LogP contribution in [-0.2, 0) is 16.1 Å². The number of hydrogen-bond donors (Lipinski definition) is 2. The molecular weight excluding hydrogens is 415 g/mol. The highest BCUT2D eigenvalue weighted by Crippen LogP contribution is 2.23. The smallest absolute Gasteiger partial charge is 0.261 e. The molecule has 0 bridgehead atoms. The quantitative estimate of drug-likeness (QED) is 0.557. The molecule has 0 unspecified atom stereocenters. The van der Waals surface area contributed by atoms with Gasteiger partial charge in [-0.25, -0.2) is 0 Å². The van der Waals surface area contributed by atoms with E-state index in [9.17, 15) is 9.59 Å². The highest BCUT2D eigenvalue weighted by atomic mass is 35.5. The Labute approximate surface area is 180 Å². The van der Waals surface area contributed by atoms with Gasteiger partial charge in [-0.05, 0) is 43.2 Å². The minimum atomic E-state index is -0.730. The van der Waals surface area contributed by atoms with Crippen molar-refractivity contribution < 1.29 is 19.4 Å². The number of aliphatic hydroxyl groups is 1. The van der Waals surface area contributed by atoms with Crippen LogP contribution in [0.4, 0.5) is 0 Å². The first-order chi connectivity index (χ1) is 13.9. The molecule has 0 spiro atoms. The van der Waals surface area contributed by atoms with Gasteiger partial charge < -0.3 is 20.1 Å². The van der Waals surface area contributed by atoms with E-state index < -0.39 is 6.04 Å². The van der Waals surface area contributed by atoms with Crippen LogP contribution in [0.3, 0.4) is 0 Å². The summed E-state index contributed by atoms with van der Waals surface area (Å²) in [4.78, 5) is 26.8. The second-order valence-electron chi connectivity index (χ2n) is 6.41. The summed E-state index contributed by atoms with van der Waals surface area (Å²) in [5.74, 6) is -0.266. The van der Waals surface area contributed by atoms with Gasteiger partial charge in [-0.15, -0.1) is 0 Å². The monoisotopic (exact) mass is 438 g/mol. The summed E-state index contributed by atoms with van der Waals surface area (Å²) >= 11 is 12.0. The molecule has 156 valence electrons. The zero-order valence-electron chi connectivity index (χ0n) is 16.1. The van der Waals surface area contributed by atoms with Gasteiger partial charge in [-0.2, -0.15) is 0 Å². The van der Waals surface area contributed by atoms with Crippen molar-refractivity contribution in [3.63, 3.8) is 0 Å². The van der Waals surface area contributed by atoms with Crippen LogP contribution in [0.25, 0.3) is 0 Å². The van der Waals surface area contributed by atoms with Crippen LogP contribution < -0.4 is 10.1 Å². The first-order valence-corrected chi connectivity index (χ1v) is 9.97. The molecule has 0 saturated carbocycles. The number of rotatable bonds is 10. The molecule has 0 fully saturated rings. The Morgan fingerprint density at radius 3 is 2.48 bits per heavy atom. The van der Waals surface area contributed by atoms with E-state index in [0.717, 1.165) is 5.56 Å². The van der Waals surface area contributed by atoms with E-state index in [2.05, 4.69) is 5.32 Å². The summed E-state index contributed by atoms with van der Waals surface area (Å²) in [6.45, 7) is 1.92. The minimum absolute atomic E-state index is 0.0201. The number of carbonyl (C=O) groups is 2. The van der Waals surface area contributed by atoms with Crippen molar-refractivity contribution in [1.29, 1.82) is 0 Å². The molecule has 2 aromatic carbocycles. The van der Waals surface area contributed by atoms with E-state index in [0.29, 0.717) is 28.8 Å². The lowest BCUT2D eigenvalue weighted by atomic mass is 10.1. The van der Waals surface area contributed by atoms with E-state index in [1.165, 1.54) is 4.90 Å². The maximum absolute atomic E-state index is 12.9. The molecule has 0 heterocycles. The summed E-state index contributed by atoms with van der Waals surface area (Å²) < 4.78 is 5.56. The molecule has 6 nitrogen and oxygen atoms in total. The van der Waals surface area contributed by atoms with E-state index in [-0.39, 0.29) is 31.6 Å². The molecule has 2 rings (SSSR count). The Hall–Kier alpha value is -2.28. The van der Waals surface area contributed by atoms with Crippen molar-refractivity contribution in [3.05, 3.63) is 64.1 Å². The zero-order valence-corrected chi connectivity index (χ0v) is 17.6. The Bertz CT molecular complexity index is 815. The highest BCUT2D eigenvalue weighted by molar-refractivity contribution is 6.32. The molecule has 2 aromatic rings. The first kappa shape index (κ1) is 23.0. The van der Waals surface area contributed by atoms with Crippen molar-refractivity contribution in [3.8, 4) is 5.75 Å². The fourth-order valence-corrected chi connectivity index (χ4v) is 2.91. The fraction of sp³-hybridized carbons (Fsp3) is 0.333. The van der Waals surface area contributed by atoms with Crippen LogP contribution in [0.2, 0.25) is 10.0 Å². The Morgan fingerprint density at radius 2 is 1.83 bits per heavy atom. The molecule has 2 amide bonds. The summed E-state index contributed by atoms with van der Waals surface area (Å²) in [7, 11) is 0. The number of nitrogens with one attached hydrogen (secondary N) is 1. The number of carbonyl (C=O) groups excluding carboxylic acids is 2. The number of para-hydroxylation sites is 1. The number of aliphatic hydroxyl groups excluding tert-OH is 1. The number of halogens is 2. The maximum atomic E-state index is 12.9. The molecule has 0 saturated heterocycles. The molecule has 0 aliphatic heterocycles. The lowest BCUT2D eigenvalue weighted by Gasteiger charge is -2.28. The normalized spacial score (nSPS) is 11.6. The summed E-state index contributed by atoms with van der Waals surface area (Å²) in [6, 6.07) is 13.2. The van der Waals surface area contributed by atoms with Crippen LogP contribution in [0.15, 0.2) is 48.5 Å². The average molecular weight is 439 g/mol. The Morgan fingerprint density at radius 1 is 1.14 bits per heavy atom. The summed E-state index contributed by atoms with van der Waals surface area (Å²) in [5.41, 5.74) is 0.829. The lowest BCUT2D eigenvalue weighted by molar-refractivity contribution is -0.142. The largest absolute Gasteiger partial charge is 0.482 e. The van der Waals surface area contributed by atoms with Gasteiger partial charge in [0.15, 0.2) is 6.61 Å². The predicted molar refractivity (Wildman–Crippen MR) is 113 cm³/mol. The van der Waals surface area contributed by atoms with Crippen LogP contribution in [0, 0.1) is 0 Å². The van der Waals surface area contributed by atoms with Crippen LogP contribution in [0.5, 0.6) is 5.75 Å². The van der Waals surface area contributed by atoms with E-state index >= 15 is 0 Å². The maximum Gasteiger partial charge on any atom is 0.261 e. The number of nitrogens with zero attached hydrogens (tertiary/aromatic N) is 1. The third kappa shape index (κ3) is 7.24. The Kier molecular flexibility index (Phi) is 9.25. The van der Waals surface area contributed by atoms with Crippen molar-refractivity contribution in [2.75, 3.05) is 19.8 Å². The first-order valence-electron chi connectivity index (χ1n) is 9.22. The topological polar surface area (TPSA) is 78.9 Å². The van der Waals surface area contributed by atoms with Gasteiger partial charge in [-0.1, -0.05) is 47.5 Å². The second kappa shape index (κ2) is 11.7. The highest BCUT2D eigenvalue weighted by Gasteiger charge is 2.26. The SMILES string of the molecule is C[C@@H](C(=O)NCCCO)N(Cc1ccc(Cl)cc1)C(=O)COc1ccccc1Cl. The number of hydrogen-bond acceptors (Lipinski definition) is 4. The molecule has 8 heteroatoms. The molecule has 1 atom stereocenters. The van der Waals surface area contributed by atoms with Crippen LogP contribution >= 0.6 is 23.2 Å². The van der Waals surface area contributed by atoms with Crippen molar-refractivity contribution in [2.45, 2.75) is 25.9 Å². The number of ether oxygens (including phenoxy) is 1. The molecule has 29 heavy (non-hydrogen) atoms. The predicted octanol–water partition coefficient (Wildman–Crippen LogP) is 3.29. The van der Waals surface area contributed by atoms with Gasteiger partial charge in [0.05, 0.1) is 5.02 Å². The van der Waals surface area contributed by atoms with Crippen molar-refractivity contribution in [1.82, 2.24) is 10.2 Å². The minimum Gasteiger partial charge on any atom is -0.482 e. The van der Waals surface area contributed by atoms with Gasteiger partial charge in [0.2, 0.25) is 5.91 Å².